The molecule has 0 radical (unpaired) electrons. The fourth-order valence-electron chi connectivity index (χ4n) is 5.00. The zero-order valence-corrected chi connectivity index (χ0v) is 15.1. The van der Waals surface area contributed by atoms with Gasteiger partial charge in [-0.25, -0.2) is 4.79 Å². The van der Waals surface area contributed by atoms with Crippen molar-refractivity contribution in [3.63, 3.8) is 0 Å². The molecule has 4 fully saturated rings. The quantitative estimate of drug-likeness (QED) is 0.776. The maximum absolute atomic E-state index is 12.6. The molecule has 4 rings (SSSR count). The van der Waals surface area contributed by atoms with Crippen LogP contribution in [0.3, 0.4) is 0 Å². The molecular weight excluding hydrogens is 288 g/mol. The second-order valence-electron chi connectivity index (χ2n) is 8.83. The highest BCUT2D eigenvalue weighted by Gasteiger charge is 2.60. The highest BCUT2D eigenvalue weighted by atomic mass is 16.2. The first-order chi connectivity index (χ1) is 10.9. The van der Waals surface area contributed by atoms with Crippen molar-refractivity contribution in [3.8, 4) is 0 Å². The van der Waals surface area contributed by atoms with Crippen molar-refractivity contribution in [2.45, 2.75) is 49.6 Å². The van der Waals surface area contributed by atoms with Gasteiger partial charge in [-0.15, -0.1) is 0 Å². The zero-order valence-electron chi connectivity index (χ0n) is 15.1. The van der Waals surface area contributed by atoms with Gasteiger partial charge in [0.2, 0.25) is 0 Å². The van der Waals surface area contributed by atoms with Gasteiger partial charge in [-0.1, -0.05) is 0 Å². The highest BCUT2D eigenvalue weighted by molar-refractivity contribution is 5.75. The summed E-state index contributed by atoms with van der Waals surface area (Å²) in [5.74, 6) is 0.951. The van der Waals surface area contributed by atoms with E-state index in [0.717, 1.165) is 18.9 Å². The molecule has 0 aromatic carbocycles. The van der Waals surface area contributed by atoms with Crippen LogP contribution in [-0.2, 0) is 0 Å². The summed E-state index contributed by atoms with van der Waals surface area (Å²) >= 11 is 0. The minimum Gasteiger partial charge on any atom is -0.331 e. The van der Waals surface area contributed by atoms with Crippen LogP contribution in [0.2, 0.25) is 0 Å². The van der Waals surface area contributed by atoms with Crippen LogP contribution in [0.25, 0.3) is 0 Å². The third-order valence-electron chi connectivity index (χ3n) is 6.63. The van der Waals surface area contributed by atoms with Crippen LogP contribution in [0.15, 0.2) is 0 Å². The Bertz CT molecular complexity index is 485. The first-order valence-electron chi connectivity index (χ1n) is 9.37. The lowest BCUT2D eigenvalue weighted by atomic mass is 9.78. The van der Waals surface area contributed by atoms with Crippen LogP contribution in [0.5, 0.6) is 0 Å². The number of amides is 2. The topological polar surface area (TPSA) is 30.0 Å². The predicted octanol–water partition coefficient (Wildman–Crippen LogP) is 1.69. The van der Waals surface area contributed by atoms with E-state index in [0.29, 0.717) is 5.54 Å². The molecule has 5 nitrogen and oxygen atoms in total. The SMILES string of the molecule is CN1CCN(CC2CC2)C2(CCN(C(=O)N(C)C)C3(CC3)C2)C1. The molecule has 23 heavy (non-hydrogen) atoms. The monoisotopic (exact) mass is 320 g/mol. The standard InChI is InChI=1S/C18H32N4O/c1-19(2)16(23)22-9-8-18(13-17(22)6-7-17)14-20(3)10-11-21(18)12-15-4-5-15/h15H,4-14H2,1-3H3. The number of hydrogen-bond acceptors (Lipinski definition) is 3. The molecule has 2 aliphatic carbocycles. The second-order valence-corrected chi connectivity index (χ2v) is 8.83. The van der Waals surface area contributed by atoms with Crippen molar-refractivity contribution in [2.75, 3.05) is 53.9 Å². The van der Waals surface area contributed by atoms with E-state index in [1.165, 1.54) is 58.3 Å². The second kappa shape index (κ2) is 5.35. The minimum absolute atomic E-state index is 0.166. The van der Waals surface area contributed by atoms with E-state index >= 15 is 0 Å². The van der Waals surface area contributed by atoms with Crippen molar-refractivity contribution >= 4 is 6.03 Å². The number of carbonyl (C=O) groups is 1. The summed E-state index contributed by atoms with van der Waals surface area (Å²) in [5.41, 5.74) is 0.481. The fourth-order valence-corrected chi connectivity index (χ4v) is 5.00. The summed E-state index contributed by atoms with van der Waals surface area (Å²) in [7, 11) is 6.04. The number of piperazine rings is 1. The molecule has 5 heteroatoms. The summed E-state index contributed by atoms with van der Waals surface area (Å²) < 4.78 is 0. The minimum atomic E-state index is 0.166. The van der Waals surface area contributed by atoms with Gasteiger partial charge in [-0.3, -0.25) is 4.90 Å². The molecule has 1 atom stereocenters. The van der Waals surface area contributed by atoms with Gasteiger partial charge in [0.15, 0.2) is 0 Å². The Morgan fingerprint density at radius 1 is 1.09 bits per heavy atom. The van der Waals surface area contributed by atoms with Gasteiger partial charge in [0, 0.05) is 57.9 Å². The van der Waals surface area contributed by atoms with Gasteiger partial charge < -0.3 is 14.7 Å². The maximum Gasteiger partial charge on any atom is 0.319 e. The lowest BCUT2D eigenvalue weighted by Crippen LogP contribution is -2.68. The summed E-state index contributed by atoms with van der Waals surface area (Å²) in [4.78, 5) is 21.9. The first kappa shape index (κ1) is 15.7. The number of likely N-dealkylation sites (N-methyl/N-ethyl adjacent to an activating group) is 1. The number of urea groups is 1. The lowest BCUT2D eigenvalue weighted by molar-refractivity contribution is -0.0546. The maximum atomic E-state index is 12.6. The highest BCUT2D eigenvalue weighted by Crippen LogP contribution is 2.54. The number of likely N-dealkylation sites (tertiary alicyclic amines) is 1. The van der Waals surface area contributed by atoms with Crippen molar-refractivity contribution in [2.24, 2.45) is 5.92 Å². The van der Waals surface area contributed by atoms with Crippen LogP contribution in [0.1, 0.15) is 38.5 Å². The van der Waals surface area contributed by atoms with E-state index in [4.69, 9.17) is 0 Å². The number of piperidine rings is 1. The number of rotatable bonds is 2. The van der Waals surface area contributed by atoms with Gasteiger partial charge in [0.05, 0.1) is 0 Å². The van der Waals surface area contributed by atoms with Gasteiger partial charge in [-0.05, 0) is 51.5 Å². The van der Waals surface area contributed by atoms with Crippen molar-refractivity contribution in [1.82, 2.24) is 19.6 Å². The molecule has 0 aromatic heterocycles. The van der Waals surface area contributed by atoms with Gasteiger partial charge in [0.25, 0.3) is 0 Å². The Balaban J connectivity index is 1.55. The van der Waals surface area contributed by atoms with Crippen LogP contribution < -0.4 is 0 Å². The summed E-state index contributed by atoms with van der Waals surface area (Å²) in [6, 6.07) is 0.218. The van der Waals surface area contributed by atoms with Crippen LogP contribution in [0.4, 0.5) is 4.79 Å². The fraction of sp³-hybridized carbons (Fsp3) is 0.944. The Kier molecular flexibility index (Phi) is 3.65. The van der Waals surface area contributed by atoms with Crippen LogP contribution in [0, 0.1) is 5.92 Å². The zero-order chi connectivity index (χ0) is 16.2. The molecule has 2 saturated heterocycles. The Labute approximate surface area is 140 Å². The molecule has 2 amide bonds. The van der Waals surface area contributed by atoms with Crippen molar-refractivity contribution in [1.29, 1.82) is 0 Å². The molecule has 4 aliphatic rings. The Morgan fingerprint density at radius 3 is 2.43 bits per heavy atom. The molecular formula is C18H32N4O. The van der Waals surface area contributed by atoms with Crippen LogP contribution >= 0.6 is 0 Å². The third-order valence-corrected chi connectivity index (χ3v) is 6.63. The number of nitrogens with zero attached hydrogens (tertiary/aromatic N) is 4. The van der Waals surface area contributed by atoms with Crippen LogP contribution in [-0.4, -0.2) is 90.6 Å². The molecule has 0 N–H and O–H groups in total. The summed E-state index contributed by atoms with van der Waals surface area (Å²) in [6.45, 7) is 5.83. The van der Waals surface area contributed by atoms with E-state index in [9.17, 15) is 4.79 Å². The van der Waals surface area contributed by atoms with E-state index in [2.05, 4.69) is 21.7 Å². The van der Waals surface area contributed by atoms with Gasteiger partial charge in [0.1, 0.15) is 0 Å². The molecule has 1 unspecified atom stereocenters. The van der Waals surface area contributed by atoms with E-state index in [1.54, 1.807) is 4.90 Å². The largest absolute Gasteiger partial charge is 0.331 e. The molecule has 0 aromatic rings. The molecule has 2 spiro atoms. The average Bonchev–Trinajstić information content (AvgIpc) is 3.40. The molecule has 2 aliphatic heterocycles. The molecule has 2 saturated carbocycles. The predicted molar refractivity (Wildman–Crippen MR) is 91.5 cm³/mol. The molecule has 0 bridgehead atoms. The summed E-state index contributed by atoms with van der Waals surface area (Å²) in [6.07, 6.45) is 7.60. The van der Waals surface area contributed by atoms with E-state index in [1.807, 2.05) is 14.1 Å². The normalized spacial score (nSPS) is 34.1. The van der Waals surface area contributed by atoms with Gasteiger partial charge >= 0.3 is 6.03 Å². The Hall–Kier alpha value is -0.810. The van der Waals surface area contributed by atoms with Gasteiger partial charge in [-0.2, -0.15) is 0 Å². The third kappa shape index (κ3) is 2.76. The summed E-state index contributed by atoms with van der Waals surface area (Å²) in [5, 5.41) is 0. The molecule has 2 heterocycles. The van der Waals surface area contributed by atoms with Crippen molar-refractivity contribution in [3.05, 3.63) is 0 Å². The molecule has 130 valence electrons. The van der Waals surface area contributed by atoms with Crippen molar-refractivity contribution < 1.29 is 4.79 Å². The average molecular weight is 320 g/mol. The van der Waals surface area contributed by atoms with E-state index < -0.39 is 0 Å². The first-order valence-corrected chi connectivity index (χ1v) is 9.37. The smallest absolute Gasteiger partial charge is 0.319 e. The Morgan fingerprint density at radius 2 is 1.83 bits per heavy atom. The lowest BCUT2D eigenvalue weighted by Gasteiger charge is -2.56. The van der Waals surface area contributed by atoms with E-state index in [-0.39, 0.29) is 11.6 Å². The number of carbonyl (C=O) groups excluding carboxylic acids is 1. The number of hydrogen-bond donors (Lipinski definition) is 0.